The summed E-state index contributed by atoms with van der Waals surface area (Å²) in [7, 11) is 0. The summed E-state index contributed by atoms with van der Waals surface area (Å²) < 4.78 is 5.58. The van der Waals surface area contributed by atoms with Gasteiger partial charge < -0.3 is 4.74 Å². The van der Waals surface area contributed by atoms with Crippen LogP contribution in [-0.2, 0) is 4.79 Å². The molecule has 0 saturated heterocycles. The largest absolute Gasteiger partial charge is 0.484 e. The van der Waals surface area contributed by atoms with Gasteiger partial charge in [-0.3, -0.25) is 4.79 Å². The average molecular weight is 352 g/mol. The number of ether oxygens (including phenoxy) is 1. The zero-order valence-corrected chi connectivity index (χ0v) is 15.9. The number of carbonyl (C=O) groups excluding carboxylic acids is 1. The zero-order valence-electron chi connectivity index (χ0n) is 15.9. The number of nitrogens with one attached hydrogen (secondary N) is 1. The predicted molar refractivity (Wildman–Crippen MR) is 107 cm³/mol. The predicted octanol–water partition coefficient (Wildman–Crippen LogP) is 4.78. The maximum absolute atomic E-state index is 12.1. The highest BCUT2D eigenvalue weighted by molar-refractivity contribution is 6.01. The van der Waals surface area contributed by atoms with Gasteiger partial charge in [-0.15, -0.1) is 0 Å². The molecule has 26 heavy (non-hydrogen) atoms. The minimum Gasteiger partial charge on any atom is -0.484 e. The Morgan fingerprint density at radius 1 is 1.04 bits per heavy atom. The van der Waals surface area contributed by atoms with Crippen LogP contribution in [0.1, 0.15) is 49.3 Å². The van der Waals surface area contributed by atoms with E-state index in [1.807, 2.05) is 56.3 Å². The molecule has 1 N–H and O–H groups in total. The molecular formula is C22H28N2O2. The van der Waals surface area contributed by atoms with Crippen molar-refractivity contribution >= 4 is 11.6 Å². The van der Waals surface area contributed by atoms with Crippen LogP contribution in [0, 0.1) is 13.8 Å². The Balaban J connectivity index is 1.95. The Morgan fingerprint density at radius 3 is 2.38 bits per heavy atom. The van der Waals surface area contributed by atoms with Crippen LogP contribution in [-0.4, -0.2) is 18.2 Å². The number of hydrogen-bond acceptors (Lipinski definition) is 3. The van der Waals surface area contributed by atoms with E-state index in [9.17, 15) is 4.79 Å². The van der Waals surface area contributed by atoms with Gasteiger partial charge in [-0.2, -0.15) is 5.10 Å². The van der Waals surface area contributed by atoms with Gasteiger partial charge in [0.25, 0.3) is 5.91 Å². The average Bonchev–Trinajstić information content (AvgIpc) is 2.63. The smallest absolute Gasteiger partial charge is 0.277 e. The number of nitrogens with zero attached hydrogens (tertiary/aromatic N) is 1. The minimum absolute atomic E-state index is 0.0522. The van der Waals surface area contributed by atoms with Crippen molar-refractivity contribution in [3.8, 4) is 5.75 Å². The fraction of sp³-hybridized carbons (Fsp3) is 0.364. The molecule has 0 atom stereocenters. The number of rotatable bonds is 9. The molecule has 138 valence electrons. The molecule has 2 rings (SSSR count). The second-order valence-corrected chi connectivity index (χ2v) is 6.53. The Bertz CT molecular complexity index is 719. The van der Waals surface area contributed by atoms with Crippen LogP contribution in [0.4, 0.5) is 0 Å². The Morgan fingerprint density at radius 2 is 1.73 bits per heavy atom. The van der Waals surface area contributed by atoms with Gasteiger partial charge in [0.15, 0.2) is 6.61 Å². The number of carbonyl (C=O) groups is 1. The molecule has 2 aromatic carbocycles. The SMILES string of the molecule is CCCCC/C(=N\NC(=O)COc1cc(C)cc(C)c1)c1ccccc1. The monoisotopic (exact) mass is 352 g/mol. The van der Waals surface area contributed by atoms with E-state index in [4.69, 9.17) is 4.74 Å². The molecule has 0 bridgehead atoms. The van der Waals surface area contributed by atoms with Crippen LogP contribution in [0.5, 0.6) is 5.75 Å². The van der Waals surface area contributed by atoms with E-state index < -0.39 is 0 Å². The maximum Gasteiger partial charge on any atom is 0.277 e. The number of benzene rings is 2. The van der Waals surface area contributed by atoms with E-state index in [-0.39, 0.29) is 12.5 Å². The molecule has 0 aliphatic carbocycles. The van der Waals surface area contributed by atoms with E-state index in [1.54, 1.807) is 0 Å². The van der Waals surface area contributed by atoms with E-state index >= 15 is 0 Å². The van der Waals surface area contributed by atoms with E-state index in [0.717, 1.165) is 48.1 Å². The number of aryl methyl sites for hydroxylation is 2. The fourth-order valence-electron chi connectivity index (χ4n) is 2.76. The molecule has 2 aromatic rings. The summed E-state index contributed by atoms with van der Waals surface area (Å²) in [5, 5.41) is 4.35. The van der Waals surface area contributed by atoms with Crippen LogP contribution >= 0.6 is 0 Å². The summed E-state index contributed by atoms with van der Waals surface area (Å²) in [5.74, 6) is 0.445. The van der Waals surface area contributed by atoms with Crippen LogP contribution in [0.3, 0.4) is 0 Å². The summed E-state index contributed by atoms with van der Waals surface area (Å²) in [6, 6.07) is 15.9. The van der Waals surface area contributed by atoms with Crippen molar-refractivity contribution < 1.29 is 9.53 Å². The lowest BCUT2D eigenvalue weighted by Gasteiger charge is -2.09. The third-order valence-electron chi connectivity index (χ3n) is 4.00. The van der Waals surface area contributed by atoms with Gasteiger partial charge in [-0.05, 0) is 55.5 Å². The number of amides is 1. The lowest BCUT2D eigenvalue weighted by Crippen LogP contribution is -2.26. The normalized spacial score (nSPS) is 11.3. The molecule has 0 aromatic heterocycles. The van der Waals surface area contributed by atoms with Gasteiger partial charge in [0.2, 0.25) is 0 Å². The molecule has 4 heteroatoms. The second-order valence-electron chi connectivity index (χ2n) is 6.53. The first-order chi connectivity index (χ1) is 12.6. The Kier molecular flexibility index (Phi) is 7.87. The molecule has 0 saturated carbocycles. The zero-order chi connectivity index (χ0) is 18.8. The molecule has 4 nitrogen and oxygen atoms in total. The van der Waals surface area contributed by atoms with Crippen molar-refractivity contribution in [3.63, 3.8) is 0 Å². The Labute approximate surface area is 156 Å². The summed E-state index contributed by atoms with van der Waals surface area (Å²) >= 11 is 0. The number of unbranched alkanes of at least 4 members (excludes halogenated alkanes) is 2. The number of hydrogen-bond donors (Lipinski definition) is 1. The molecule has 0 radical (unpaired) electrons. The van der Waals surface area contributed by atoms with Gasteiger partial charge in [0, 0.05) is 0 Å². The molecule has 0 aliphatic rings. The molecular weight excluding hydrogens is 324 g/mol. The summed E-state index contributed by atoms with van der Waals surface area (Å²) in [5.41, 5.74) is 6.80. The number of hydrazone groups is 1. The highest BCUT2D eigenvalue weighted by atomic mass is 16.5. The highest BCUT2D eigenvalue weighted by Gasteiger charge is 2.06. The molecule has 0 heterocycles. The first-order valence-corrected chi connectivity index (χ1v) is 9.20. The quantitative estimate of drug-likeness (QED) is 0.401. The van der Waals surface area contributed by atoms with Gasteiger partial charge in [-0.25, -0.2) is 5.43 Å². The first-order valence-electron chi connectivity index (χ1n) is 9.20. The minimum atomic E-state index is -0.256. The van der Waals surface area contributed by atoms with Crippen molar-refractivity contribution in [1.82, 2.24) is 5.43 Å². The summed E-state index contributed by atoms with van der Waals surface area (Å²) in [4.78, 5) is 12.1. The maximum atomic E-state index is 12.1. The van der Waals surface area contributed by atoms with Crippen LogP contribution in [0.15, 0.2) is 53.6 Å². The topological polar surface area (TPSA) is 50.7 Å². The highest BCUT2D eigenvalue weighted by Crippen LogP contribution is 2.16. The molecule has 0 fully saturated rings. The molecule has 1 amide bonds. The first kappa shape index (κ1) is 19.7. The summed E-state index contributed by atoms with van der Waals surface area (Å²) in [6.45, 7) is 6.13. The van der Waals surface area contributed by atoms with Crippen molar-refractivity contribution in [2.45, 2.75) is 46.5 Å². The van der Waals surface area contributed by atoms with Crippen LogP contribution in [0.2, 0.25) is 0 Å². The molecule has 0 unspecified atom stereocenters. The van der Waals surface area contributed by atoms with Crippen LogP contribution < -0.4 is 10.2 Å². The van der Waals surface area contributed by atoms with Crippen molar-refractivity contribution in [2.75, 3.05) is 6.61 Å². The third-order valence-corrected chi connectivity index (χ3v) is 4.00. The van der Waals surface area contributed by atoms with Crippen molar-refractivity contribution in [2.24, 2.45) is 5.10 Å². The van der Waals surface area contributed by atoms with Gasteiger partial charge in [0.1, 0.15) is 5.75 Å². The van der Waals surface area contributed by atoms with Gasteiger partial charge in [0.05, 0.1) is 5.71 Å². The van der Waals surface area contributed by atoms with Crippen molar-refractivity contribution in [1.29, 1.82) is 0 Å². The van der Waals surface area contributed by atoms with E-state index in [0.29, 0.717) is 5.75 Å². The van der Waals surface area contributed by atoms with E-state index in [2.05, 4.69) is 23.5 Å². The lowest BCUT2D eigenvalue weighted by atomic mass is 10.0. The third kappa shape index (κ3) is 6.71. The van der Waals surface area contributed by atoms with Gasteiger partial charge >= 0.3 is 0 Å². The summed E-state index contributed by atoms with van der Waals surface area (Å²) in [6.07, 6.45) is 4.20. The standard InChI is InChI=1S/C22H28N2O2/c1-4-5-7-12-21(19-10-8-6-9-11-19)23-24-22(25)16-26-20-14-17(2)13-18(3)15-20/h6,8-11,13-15H,4-5,7,12,16H2,1-3H3,(H,24,25)/b23-21+. The molecule has 0 aliphatic heterocycles. The van der Waals surface area contributed by atoms with E-state index in [1.165, 1.54) is 0 Å². The Hall–Kier alpha value is -2.62. The molecule has 0 spiro atoms. The second kappa shape index (κ2) is 10.4. The van der Waals surface area contributed by atoms with Gasteiger partial charge in [-0.1, -0.05) is 56.2 Å². The fourth-order valence-corrected chi connectivity index (χ4v) is 2.76. The lowest BCUT2D eigenvalue weighted by molar-refractivity contribution is -0.123. The van der Waals surface area contributed by atoms with Crippen LogP contribution in [0.25, 0.3) is 0 Å². The van der Waals surface area contributed by atoms with Crippen molar-refractivity contribution in [3.05, 3.63) is 65.2 Å².